The van der Waals surface area contributed by atoms with Gasteiger partial charge in [0.25, 0.3) is 0 Å². The van der Waals surface area contributed by atoms with Crippen LogP contribution in [-0.2, 0) is 26.3 Å². The van der Waals surface area contributed by atoms with E-state index in [0.717, 1.165) is 38.5 Å². The first-order valence-corrected chi connectivity index (χ1v) is 25.0. The molecule has 10 heteroatoms. The van der Waals surface area contributed by atoms with Gasteiger partial charge in [0.1, 0.15) is 0 Å². The Balaban J connectivity index is -0.000000174. The Morgan fingerprint density at radius 3 is 0.774 bits per heavy atom. The summed E-state index contributed by atoms with van der Waals surface area (Å²) >= 11 is -9.57. The van der Waals surface area contributed by atoms with Crippen molar-refractivity contribution in [3.05, 3.63) is 0 Å². The zero-order valence-electron chi connectivity index (χ0n) is 20.0. The topological polar surface area (TPSA) is 120 Å². The van der Waals surface area contributed by atoms with E-state index in [4.69, 9.17) is 0 Å². The smallest absolute Gasteiger partial charge is 3.00 e. The largest absolute Gasteiger partial charge is 3.00 e. The van der Waals surface area contributed by atoms with Gasteiger partial charge in [0.05, 0.1) is 0 Å². The molecule has 31 heavy (non-hydrogen) atoms. The summed E-state index contributed by atoms with van der Waals surface area (Å²) in [7, 11) is 0. The fourth-order valence-electron chi connectivity index (χ4n) is 2.62. The van der Waals surface area contributed by atoms with E-state index in [1.807, 2.05) is 0 Å². The molecule has 0 aliphatic rings. The van der Waals surface area contributed by atoms with E-state index < -0.39 is 60.5 Å². The molecule has 0 spiro atoms. The van der Waals surface area contributed by atoms with Crippen LogP contribution in [0.5, 0.6) is 0 Å². The molecule has 0 rings (SSSR count). The van der Waals surface area contributed by atoms with E-state index in [2.05, 4.69) is 20.8 Å². The zero-order chi connectivity index (χ0) is 23.5. The molecule has 0 saturated carbocycles. The predicted octanol–water partition coefficient (Wildman–Crippen LogP) is 3.70. The molecular weight excluding hydrogens is 760 g/mol. The maximum atomic E-state index is 10.2. The van der Waals surface area contributed by atoms with Crippen LogP contribution in [0.2, 0.25) is 13.3 Å². The minimum Gasteiger partial charge on any atom is 3.00 e. The Kier molecular flexibility index (Phi) is 47.9. The summed E-state index contributed by atoms with van der Waals surface area (Å²) in [6.45, 7) is 6.47. The molecule has 185 valence electrons. The Labute approximate surface area is 225 Å². The van der Waals surface area contributed by atoms with Gasteiger partial charge < -0.3 is 0 Å². The van der Waals surface area contributed by atoms with Gasteiger partial charge in [0.2, 0.25) is 0 Å². The molecule has 0 amide bonds. The molecule has 0 heterocycles. The van der Waals surface area contributed by atoms with Crippen LogP contribution < -0.4 is 10.3 Å². The molecule has 0 aromatic heterocycles. The summed E-state index contributed by atoms with van der Waals surface area (Å²) in [5.41, 5.74) is 0. The monoisotopic (exact) mass is 809 g/mol. The predicted molar refractivity (Wildman–Crippen MR) is 120 cm³/mol. The van der Waals surface area contributed by atoms with E-state index in [0.29, 0.717) is 13.3 Å². The van der Waals surface area contributed by atoms with Gasteiger partial charge in [-0.1, -0.05) is 0 Å². The Morgan fingerprint density at radius 1 is 0.419 bits per heavy atom. The van der Waals surface area contributed by atoms with Gasteiger partial charge >= 0.3 is 228 Å². The van der Waals surface area contributed by atoms with Crippen molar-refractivity contribution in [3.8, 4) is 0 Å². The Morgan fingerprint density at radius 2 is 0.613 bits per heavy atom. The number of unbranched alkanes of at least 4 members (excludes halogenated alkanes) is 12. The van der Waals surface area contributed by atoms with Crippen LogP contribution in [0.15, 0.2) is 0 Å². The van der Waals surface area contributed by atoms with Crippen LogP contribution >= 0.6 is 0 Å². The second kappa shape index (κ2) is 36.8. The molecule has 0 aliphatic heterocycles. The first-order valence-electron chi connectivity index (χ1n) is 11.9. The Bertz CT molecular complexity index is 344. The summed E-state index contributed by atoms with van der Waals surface area (Å²) in [6, 6.07) is 0. The summed E-state index contributed by atoms with van der Waals surface area (Å²) in [5, 5.41) is 0. The van der Waals surface area contributed by atoms with Crippen molar-refractivity contribution in [2.24, 2.45) is 0 Å². The van der Waals surface area contributed by atoms with Crippen molar-refractivity contribution in [1.82, 2.24) is 0 Å². The van der Waals surface area contributed by atoms with Crippen molar-refractivity contribution in [1.29, 1.82) is 0 Å². The number of hydrogen-bond acceptors (Lipinski definition) is 6. The minimum absolute atomic E-state index is 0. The van der Waals surface area contributed by atoms with Crippen LogP contribution in [0.25, 0.3) is 0 Å². The van der Waals surface area contributed by atoms with Gasteiger partial charge in [-0.2, -0.15) is 0 Å². The molecule has 0 aromatic rings. The normalized spacial score (nSPS) is 9.48. The summed E-state index contributed by atoms with van der Waals surface area (Å²) < 4.78 is 62.7. The van der Waals surface area contributed by atoms with Gasteiger partial charge in [-0.3, -0.25) is 0 Å². The van der Waals surface area contributed by atoms with Crippen molar-refractivity contribution in [2.45, 2.75) is 130 Å². The van der Waals surface area contributed by atoms with E-state index in [1.165, 1.54) is 57.8 Å². The van der Waals surface area contributed by atoms with Gasteiger partial charge in [-0.15, -0.1) is 0 Å². The third-order valence-corrected chi connectivity index (χ3v) is 11.0. The van der Waals surface area contributed by atoms with Crippen LogP contribution in [0.4, 0.5) is 0 Å². The first kappa shape index (κ1) is 40.4. The van der Waals surface area contributed by atoms with Crippen molar-refractivity contribution in [3.63, 3.8) is 0 Å². The molecule has 1 radical (unpaired) electrons. The molecule has 0 N–H and O–H groups in total. The van der Waals surface area contributed by atoms with E-state index in [-0.39, 0.29) is 17.1 Å². The first-order chi connectivity index (χ1) is 14.3. The maximum Gasteiger partial charge on any atom is 3.00 e. The fourth-order valence-corrected chi connectivity index (χ4v) is 7.23. The van der Waals surface area contributed by atoms with E-state index >= 15 is 0 Å². The molecule has 0 saturated heterocycles. The standard InChI is InChI=1S/3C7H15.Fe.6O.3Sn/c3*1-3-5-7-6-4-2;;;;;;;;;;/h3*1,3-7H2,2H3;;;;;;;;;;/q;;;+3;;;;3*-1;;;. The number of rotatable bonds is 18. The van der Waals surface area contributed by atoms with Gasteiger partial charge in [-0.05, 0) is 0 Å². The maximum absolute atomic E-state index is 10.2. The molecule has 0 bridgehead atoms. The van der Waals surface area contributed by atoms with Crippen LogP contribution in [0.3, 0.4) is 0 Å². The van der Waals surface area contributed by atoms with Crippen LogP contribution in [-0.4, -0.2) is 60.5 Å². The van der Waals surface area contributed by atoms with Gasteiger partial charge in [0, 0.05) is 0 Å². The van der Waals surface area contributed by atoms with E-state index in [1.54, 1.807) is 0 Å². The second-order valence-electron chi connectivity index (χ2n) is 7.61. The molecule has 6 nitrogen and oxygen atoms in total. The summed E-state index contributed by atoms with van der Waals surface area (Å²) in [6.07, 6.45) is 17.0. The molecular formula is C21H45FeO6Sn3. The summed E-state index contributed by atoms with van der Waals surface area (Å²) in [4.78, 5) is 0. The minimum atomic E-state index is -3.19. The zero-order valence-corrected chi connectivity index (χ0v) is 29.7. The van der Waals surface area contributed by atoms with Crippen molar-refractivity contribution < 1.29 is 36.6 Å². The quantitative estimate of drug-likeness (QED) is 0.154. The third-order valence-electron chi connectivity index (χ3n) is 4.45. The molecule has 0 fully saturated rings. The summed E-state index contributed by atoms with van der Waals surface area (Å²) in [5.74, 6) is 0. The Hall–Kier alpha value is 2.20. The SMILES string of the molecule is CCCCCC[CH2][Sn](=[O])[O-].CCCCCC[CH2][Sn](=[O])[O-].CCCCCC[CH2][Sn](=[O])[O-].[Fe+3]. The van der Waals surface area contributed by atoms with E-state index in [9.17, 15) is 19.6 Å². The average Bonchev–Trinajstić information content (AvgIpc) is 2.68. The van der Waals surface area contributed by atoms with Gasteiger partial charge in [0.15, 0.2) is 0 Å². The number of hydrogen-bond donors (Lipinski definition) is 0. The van der Waals surface area contributed by atoms with Crippen molar-refractivity contribution >= 4 is 60.5 Å². The fraction of sp³-hybridized carbons (Fsp3) is 1.00. The second-order valence-corrected chi connectivity index (χ2v) is 18.3. The third kappa shape index (κ3) is 54.6. The molecule has 0 unspecified atom stereocenters. The average molecular weight is 806 g/mol. The van der Waals surface area contributed by atoms with Crippen LogP contribution in [0, 0.1) is 0 Å². The molecule has 0 aliphatic carbocycles. The molecule has 0 aromatic carbocycles. The van der Waals surface area contributed by atoms with Crippen molar-refractivity contribution in [2.75, 3.05) is 0 Å². The van der Waals surface area contributed by atoms with Crippen LogP contribution in [0.1, 0.15) is 117 Å². The van der Waals surface area contributed by atoms with Gasteiger partial charge in [-0.25, -0.2) is 0 Å². The molecule has 0 atom stereocenters.